The van der Waals surface area contributed by atoms with Crippen molar-refractivity contribution in [3.8, 4) is 0 Å². The van der Waals surface area contributed by atoms with Crippen LogP contribution in [0.5, 0.6) is 0 Å². The van der Waals surface area contributed by atoms with Crippen LogP contribution in [-0.4, -0.2) is 42.1 Å². The molecule has 0 bridgehead atoms. The number of aliphatic carboxylic acids is 2. The number of carbonyl (C=O) groups is 2. The van der Waals surface area contributed by atoms with Gasteiger partial charge in [-0.25, -0.2) is 14.2 Å². The first-order valence-corrected chi connectivity index (χ1v) is 9.86. The summed E-state index contributed by atoms with van der Waals surface area (Å²) in [6, 6.07) is 5.52. The van der Waals surface area contributed by atoms with Gasteiger partial charge in [0.2, 0.25) is 0 Å². The molecular weight excluding hydrogens is 404 g/mol. The van der Waals surface area contributed by atoms with Crippen molar-refractivity contribution in [1.29, 1.82) is 0 Å². The van der Waals surface area contributed by atoms with E-state index in [-0.39, 0.29) is 17.4 Å². The van der Waals surface area contributed by atoms with Crippen LogP contribution in [0, 0.1) is 0 Å². The van der Waals surface area contributed by atoms with E-state index in [1.54, 1.807) is 12.1 Å². The van der Waals surface area contributed by atoms with Crippen molar-refractivity contribution in [2.45, 2.75) is 23.9 Å². The largest absolute Gasteiger partial charge is 0.612 e. The number of carboxylic acid groups (broad SMARTS) is 2. The molecule has 0 radical (unpaired) electrons. The normalized spacial score (nSPS) is 13.3. The summed E-state index contributed by atoms with van der Waals surface area (Å²) in [5.74, 6) is -2.75. The predicted octanol–water partition coefficient (Wildman–Crippen LogP) is 0.642. The Kier molecular flexibility index (Phi) is 5.62. The summed E-state index contributed by atoms with van der Waals surface area (Å²) in [6.07, 6.45) is 1.83. The number of hydrogen-bond donors (Lipinski definition) is 2. The van der Waals surface area contributed by atoms with Gasteiger partial charge in [0.1, 0.15) is 18.1 Å². The third kappa shape index (κ3) is 3.96. The fourth-order valence-electron chi connectivity index (χ4n) is 2.99. The summed E-state index contributed by atoms with van der Waals surface area (Å²) in [5.41, 5.74) is -1.78. The minimum absolute atomic E-state index is 0.0551. The zero-order valence-corrected chi connectivity index (χ0v) is 15.9. The molecule has 0 amide bonds. The van der Waals surface area contributed by atoms with Crippen molar-refractivity contribution in [2.75, 3.05) is 6.26 Å². The number of carboxylic acids is 2. The maximum atomic E-state index is 13.0. The lowest BCUT2D eigenvalue weighted by Crippen LogP contribution is -2.45. The lowest BCUT2D eigenvalue weighted by molar-refractivity contribution is -0.147. The molecule has 0 aliphatic heterocycles. The topological polar surface area (TPSA) is 155 Å². The van der Waals surface area contributed by atoms with Crippen molar-refractivity contribution >= 4 is 34.0 Å². The van der Waals surface area contributed by atoms with E-state index in [1.165, 1.54) is 30.7 Å². The summed E-state index contributed by atoms with van der Waals surface area (Å²) < 4.78 is 18.6. The Morgan fingerprint density at radius 3 is 2.52 bits per heavy atom. The molecular formula is C18H16N2O8S. The Morgan fingerprint density at radius 2 is 1.97 bits per heavy atom. The van der Waals surface area contributed by atoms with Crippen molar-refractivity contribution in [1.82, 2.24) is 9.13 Å². The van der Waals surface area contributed by atoms with E-state index in [9.17, 15) is 28.8 Å². The minimum atomic E-state index is -1.91. The monoisotopic (exact) mass is 420 g/mol. The Morgan fingerprint density at radius 1 is 1.24 bits per heavy atom. The Bertz CT molecular complexity index is 1190. The average molecular weight is 420 g/mol. The van der Waals surface area contributed by atoms with Gasteiger partial charge in [-0.3, -0.25) is 14.2 Å². The van der Waals surface area contributed by atoms with Crippen LogP contribution in [0.25, 0.3) is 10.9 Å². The maximum absolute atomic E-state index is 13.0. The first-order chi connectivity index (χ1) is 13.7. The van der Waals surface area contributed by atoms with E-state index in [2.05, 4.69) is 0 Å². The van der Waals surface area contributed by atoms with Gasteiger partial charge in [-0.15, -0.1) is 0 Å². The molecule has 29 heavy (non-hydrogen) atoms. The number of hydrogen-bond acceptors (Lipinski definition) is 6. The van der Waals surface area contributed by atoms with Gasteiger partial charge in [-0.05, 0) is 35.4 Å². The van der Waals surface area contributed by atoms with E-state index >= 15 is 0 Å². The summed E-state index contributed by atoms with van der Waals surface area (Å²) in [5, 5.41) is 18.4. The van der Waals surface area contributed by atoms with Crippen LogP contribution in [0.1, 0.15) is 18.2 Å². The summed E-state index contributed by atoms with van der Waals surface area (Å²) >= 11 is -1.44. The van der Waals surface area contributed by atoms with Crippen LogP contribution in [0.15, 0.2) is 55.5 Å². The molecule has 0 saturated carbocycles. The van der Waals surface area contributed by atoms with Gasteiger partial charge in [0.05, 0.1) is 30.1 Å². The predicted molar refractivity (Wildman–Crippen MR) is 102 cm³/mol. The van der Waals surface area contributed by atoms with Gasteiger partial charge in [0.25, 0.3) is 5.56 Å². The standard InChI is InChI=1S/C18H16N2O8S/c1-29(27)11-4-5-13-12(7-11)16(23)20(14(17(24)25)8-15(21)22)18(26)19(13)9-10-3-2-6-28-10/h2-7,14H,8-9H2,1H3,(H,21,22)(H,24,25). The third-order valence-electron chi connectivity index (χ3n) is 4.34. The van der Waals surface area contributed by atoms with Crippen LogP contribution >= 0.6 is 0 Å². The average Bonchev–Trinajstić information content (AvgIpc) is 3.16. The number of aromatic nitrogens is 2. The zero-order chi connectivity index (χ0) is 21.3. The highest BCUT2D eigenvalue weighted by molar-refractivity contribution is 7.90. The second kappa shape index (κ2) is 7.97. The highest BCUT2D eigenvalue weighted by atomic mass is 32.2. The number of rotatable bonds is 7. The Hall–Kier alpha value is -3.31. The van der Waals surface area contributed by atoms with E-state index in [0.29, 0.717) is 15.2 Å². The molecule has 0 spiro atoms. The molecule has 0 saturated heterocycles. The van der Waals surface area contributed by atoms with Gasteiger partial charge in [-0.1, -0.05) is 0 Å². The molecule has 2 atom stereocenters. The Balaban J connectivity index is 2.38. The molecule has 11 heteroatoms. The van der Waals surface area contributed by atoms with Crippen molar-refractivity contribution in [3.63, 3.8) is 0 Å². The molecule has 0 fully saturated rings. The smallest absolute Gasteiger partial charge is 0.332 e. The molecule has 0 aliphatic rings. The quantitative estimate of drug-likeness (QED) is 0.528. The molecule has 2 aromatic heterocycles. The van der Waals surface area contributed by atoms with Gasteiger partial charge in [-0.2, -0.15) is 0 Å². The number of fused-ring (bicyclic) bond motifs is 1. The van der Waals surface area contributed by atoms with Gasteiger partial charge < -0.3 is 19.2 Å². The molecule has 2 N–H and O–H groups in total. The van der Waals surface area contributed by atoms with E-state index in [0.717, 1.165) is 4.57 Å². The third-order valence-corrected chi connectivity index (χ3v) is 5.25. The fraction of sp³-hybridized carbons (Fsp3) is 0.222. The first kappa shape index (κ1) is 20.4. The molecule has 2 unspecified atom stereocenters. The maximum Gasteiger partial charge on any atom is 0.332 e. The fourth-order valence-corrected chi connectivity index (χ4v) is 3.53. The summed E-state index contributed by atoms with van der Waals surface area (Å²) in [7, 11) is 0. The van der Waals surface area contributed by atoms with E-state index in [4.69, 9.17) is 9.52 Å². The molecule has 10 nitrogen and oxygen atoms in total. The van der Waals surface area contributed by atoms with Gasteiger partial charge in [0, 0.05) is 6.07 Å². The highest BCUT2D eigenvalue weighted by Crippen LogP contribution is 2.18. The molecule has 0 aliphatic carbocycles. The summed E-state index contributed by atoms with van der Waals surface area (Å²) in [6.45, 7) is -0.114. The zero-order valence-electron chi connectivity index (χ0n) is 15.1. The second-order valence-electron chi connectivity index (χ2n) is 6.21. The van der Waals surface area contributed by atoms with Crippen LogP contribution < -0.4 is 11.2 Å². The van der Waals surface area contributed by atoms with Crippen LogP contribution in [-0.2, 0) is 27.3 Å². The van der Waals surface area contributed by atoms with E-state index < -0.39 is 46.8 Å². The minimum Gasteiger partial charge on any atom is -0.612 e. The first-order valence-electron chi connectivity index (χ1n) is 8.30. The number of furan rings is 1. The summed E-state index contributed by atoms with van der Waals surface area (Å²) in [4.78, 5) is 49.1. The molecule has 2 heterocycles. The lowest BCUT2D eigenvalue weighted by atomic mass is 10.2. The highest BCUT2D eigenvalue weighted by Gasteiger charge is 2.29. The van der Waals surface area contributed by atoms with Gasteiger partial charge >= 0.3 is 17.6 Å². The number of benzene rings is 1. The lowest BCUT2D eigenvalue weighted by Gasteiger charge is -2.18. The second-order valence-corrected chi connectivity index (χ2v) is 7.59. The SMILES string of the molecule is C[S+]([O-])c1ccc2c(c1)c(=O)n(C(CC(=O)O)C(=O)O)c(=O)n2Cc1ccco1. The van der Waals surface area contributed by atoms with Crippen LogP contribution in [0.4, 0.5) is 0 Å². The van der Waals surface area contributed by atoms with Gasteiger partial charge in [0.15, 0.2) is 4.90 Å². The molecule has 3 aromatic rings. The molecule has 1 aromatic carbocycles. The number of nitrogens with zero attached hydrogens (tertiary/aromatic N) is 2. The van der Waals surface area contributed by atoms with E-state index in [1.807, 2.05) is 0 Å². The van der Waals surface area contributed by atoms with Crippen LogP contribution in [0.3, 0.4) is 0 Å². The van der Waals surface area contributed by atoms with Crippen molar-refractivity contribution in [3.05, 3.63) is 63.2 Å². The molecule has 152 valence electrons. The van der Waals surface area contributed by atoms with Crippen molar-refractivity contribution < 1.29 is 28.8 Å². The van der Waals surface area contributed by atoms with Crippen LogP contribution in [0.2, 0.25) is 0 Å². The van der Waals surface area contributed by atoms with Crippen molar-refractivity contribution in [2.24, 2.45) is 0 Å². The Labute approximate surface area is 165 Å². The molecule has 3 rings (SSSR count).